The normalized spacial score (nSPS) is 11.0. The maximum atomic E-state index is 12.3. The van der Waals surface area contributed by atoms with Gasteiger partial charge in [0, 0.05) is 33.3 Å². The number of anilines is 1. The van der Waals surface area contributed by atoms with Gasteiger partial charge >= 0.3 is 11.9 Å². The van der Waals surface area contributed by atoms with Crippen LogP contribution < -0.4 is 5.32 Å². The van der Waals surface area contributed by atoms with Crippen molar-refractivity contribution in [3.63, 3.8) is 0 Å². The first kappa shape index (κ1) is 21.4. The molecule has 0 spiro atoms. The topological polar surface area (TPSA) is 108 Å². The molecule has 0 radical (unpaired) electrons. The second-order valence-corrected chi connectivity index (χ2v) is 6.99. The van der Waals surface area contributed by atoms with Crippen molar-refractivity contribution in [3.8, 4) is 0 Å². The average Bonchev–Trinajstić information content (AvgIpc) is 3.05. The molecule has 3 rings (SSSR count). The van der Waals surface area contributed by atoms with Crippen molar-refractivity contribution in [3.05, 3.63) is 69.3 Å². The summed E-state index contributed by atoms with van der Waals surface area (Å²) in [6.45, 7) is 1.86. The van der Waals surface area contributed by atoms with Gasteiger partial charge in [-0.1, -0.05) is 23.2 Å². The predicted molar refractivity (Wildman–Crippen MR) is 115 cm³/mol. The highest BCUT2D eigenvalue weighted by molar-refractivity contribution is 6.39. The van der Waals surface area contributed by atoms with Crippen molar-refractivity contribution in [2.45, 2.75) is 6.92 Å². The van der Waals surface area contributed by atoms with Crippen molar-refractivity contribution in [1.29, 1.82) is 0 Å². The van der Waals surface area contributed by atoms with E-state index in [0.29, 0.717) is 32.2 Å². The number of hydrogen-bond donors (Lipinski definition) is 3. The van der Waals surface area contributed by atoms with Gasteiger partial charge in [0.25, 0.3) is 0 Å². The third kappa shape index (κ3) is 4.64. The number of carbonyl (C=O) groups excluding carboxylic acids is 2. The van der Waals surface area contributed by atoms with Crippen LogP contribution in [0.5, 0.6) is 0 Å². The number of aromatic carboxylic acids is 1. The maximum absolute atomic E-state index is 12.3. The van der Waals surface area contributed by atoms with Crippen LogP contribution in [0.15, 0.2) is 42.5 Å². The van der Waals surface area contributed by atoms with Crippen LogP contribution in [0.1, 0.15) is 33.3 Å². The van der Waals surface area contributed by atoms with Crippen LogP contribution in [0.4, 0.5) is 5.69 Å². The molecule has 0 fully saturated rings. The summed E-state index contributed by atoms with van der Waals surface area (Å²) in [5, 5.41) is 12.8. The van der Waals surface area contributed by atoms with Crippen LogP contribution in [0.3, 0.4) is 0 Å². The van der Waals surface area contributed by atoms with Crippen molar-refractivity contribution >= 4 is 63.7 Å². The number of benzene rings is 2. The molecule has 9 heteroatoms. The number of halogens is 2. The van der Waals surface area contributed by atoms with Gasteiger partial charge in [0.1, 0.15) is 5.69 Å². The molecule has 154 valence electrons. The van der Waals surface area contributed by atoms with Gasteiger partial charge in [-0.25, -0.2) is 9.59 Å². The van der Waals surface area contributed by atoms with E-state index in [2.05, 4.69) is 10.3 Å². The Bertz CT molecular complexity index is 1170. The summed E-state index contributed by atoms with van der Waals surface area (Å²) in [6.07, 6.45) is 2.69. The molecule has 0 unspecified atom stereocenters. The standard InChI is InChI=1S/C21H16Cl2N2O5/c1-2-30-21(29)19-14(18-15(23)9-12(22)10-16(18)25-19)7-8-17(26)24-13-5-3-11(4-6-13)20(27)28/h3-10,25H,2H2,1H3,(H,24,26)(H,27,28)/b8-7+. The van der Waals surface area contributed by atoms with E-state index in [0.717, 1.165) is 0 Å². The van der Waals surface area contributed by atoms with Gasteiger partial charge in [0.05, 0.1) is 17.2 Å². The van der Waals surface area contributed by atoms with Gasteiger partial charge in [-0.05, 0) is 49.4 Å². The Balaban J connectivity index is 1.92. The van der Waals surface area contributed by atoms with E-state index in [1.165, 1.54) is 42.5 Å². The number of amides is 1. The number of ether oxygens (including phenoxy) is 1. The number of rotatable bonds is 6. The molecule has 3 N–H and O–H groups in total. The summed E-state index contributed by atoms with van der Waals surface area (Å²) >= 11 is 12.3. The van der Waals surface area contributed by atoms with E-state index >= 15 is 0 Å². The molecule has 30 heavy (non-hydrogen) atoms. The lowest BCUT2D eigenvalue weighted by Gasteiger charge is -2.03. The molecule has 1 heterocycles. The van der Waals surface area contributed by atoms with Crippen molar-refractivity contribution in [2.24, 2.45) is 0 Å². The Hall–Kier alpha value is -3.29. The highest BCUT2D eigenvalue weighted by atomic mass is 35.5. The van der Waals surface area contributed by atoms with Crippen LogP contribution in [0.25, 0.3) is 17.0 Å². The van der Waals surface area contributed by atoms with Crippen molar-refractivity contribution < 1.29 is 24.2 Å². The first-order valence-corrected chi connectivity index (χ1v) is 9.56. The number of nitrogens with one attached hydrogen (secondary N) is 2. The molecule has 3 aromatic rings. The molecule has 2 aromatic carbocycles. The first-order chi connectivity index (χ1) is 14.3. The van der Waals surface area contributed by atoms with Crippen LogP contribution >= 0.6 is 23.2 Å². The summed E-state index contributed by atoms with van der Waals surface area (Å²) in [7, 11) is 0. The minimum atomic E-state index is -1.06. The Labute approximate surface area is 181 Å². The molecule has 7 nitrogen and oxygen atoms in total. The van der Waals surface area contributed by atoms with Gasteiger partial charge in [-0.3, -0.25) is 4.79 Å². The third-order valence-electron chi connectivity index (χ3n) is 4.13. The summed E-state index contributed by atoms with van der Waals surface area (Å²) in [5.74, 6) is -2.13. The molecular weight excluding hydrogens is 431 g/mol. The lowest BCUT2D eigenvalue weighted by molar-refractivity contribution is -0.111. The summed E-state index contributed by atoms with van der Waals surface area (Å²) in [4.78, 5) is 38.5. The minimum Gasteiger partial charge on any atom is -0.478 e. The van der Waals surface area contributed by atoms with Crippen LogP contribution in [0.2, 0.25) is 10.0 Å². The van der Waals surface area contributed by atoms with Gasteiger partial charge < -0.3 is 20.1 Å². The number of fused-ring (bicyclic) bond motifs is 1. The molecule has 0 aliphatic carbocycles. The molecular formula is C21H16Cl2N2O5. The van der Waals surface area contributed by atoms with Crippen molar-refractivity contribution in [2.75, 3.05) is 11.9 Å². The second-order valence-electron chi connectivity index (χ2n) is 6.15. The Morgan fingerprint density at radius 2 is 1.87 bits per heavy atom. The molecule has 1 aromatic heterocycles. The SMILES string of the molecule is CCOC(=O)c1[nH]c2cc(Cl)cc(Cl)c2c1/C=C/C(=O)Nc1ccc(C(=O)O)cc1. The third-order valence-corrected chi connectivity index (χ3v) is 4.65. The molecule has 0 bridgehead atoms. The van der Waals surface area contributed by atoms with E-state index in [4.69, 9.17) is 33.0 Å². The molecule has 0 saturated carbocycles. The highest BCUT2D eigenvalue weighted by Crippen LogP contribution is 2.33. The van der Waals surface area contributed by atoms with Crippen molar-refractivity contribution in [1.82, 2.24) is 4.98 Å². The number of esters is 1. The molecule has 0 atom stereocenters. The number of aromatic amines is 1. The fourth-order valence-corrected chi connectivity index (χ4v) is 3.44. The summed E-state index contributed by atoms with van der Waals surface area (Å²) in [5.41, 5.74) is 1.59. The maximum Gasteiger partial charge on any atom is 0.355 e. The van der Waals surface area contributed by atoms with Gasteiger partial charge in [-0.15, -0.1) is 0 Å². The monoisotopic (exact) mass is 446 g/mol. The Kier molecular flexibility index (Phi) is 6.44. The number of carboxylic acid groups (broad SMARTS) is 1. The fraction of sp³-hybridized carbons (Fsp3) is 0.0952. The zero-order chi connectivity index (χ0) is 21.8. The Morgan fingerprint density at radius 1 is 1.17 bits per heavy atom. The van der Waals surface area contributed by atoms with Crippen LogP contribution in [0, 0.1) is 0 Å². The second kappa shape index (κ2) is 9.02. The summed E-state index contributed by atoms with van der Waals surface area (Å²) in [6, 6.07) is 8.86. The molecule has 0 aliphatic rings. The van der Waals surface area contributed by atoms with E-state index in [1.54, 1.807) is 13.0 Å². The molecule has 0 saturated heterocycles. The Morgan fingerprint density at radius 3 is 2.50 bits per heavy atom. The zero-order valence-corrected chi connectivity index (χ0v) is 17.2. The predicted octanol–water partition coefficient (Wildman–Crippen LogP) is 5.00. The summed E-state index contributed by atoms with van der Waals surface area (Å²) < 4.78 is 5.07. The number of hydrogen-bond acceptors (Lipinski definition) is 4. The first-order valence-electron chi connectivity index (χ1n) is 8.80. The smallest absolute Gasteiger partial charge is 0.355 e. The van der Waals surface area contributed by atoms with E-state index in [-0.39, 0.29) is 17.9 Å². The zero-order valence-electron chi connectivity index (χ0n) is 15.7. The van der Waals surface area contributed by atoms with E-state index in [1.807, 2.05) is 0 Å². The lowest BCUT2D eigenvalue weighted by Crippen LogP contribution is -2.09. The minimum absolute atomic E-state index is 0.106. The van der Waals surface area contributed by atoms with Crippen LogP contribution in [-0.4, -0.2) is 34.5 Å². The average molecular weight is 447 g/mol. The number of aromatic nitrogens is 1. The lowest BCUT2D eigenvalue weighted by atomic mass is 10.1. The highest BCUT2D eigenvalue weighted by Gasteiger charge is 2.20. The fourth-order valence-electron chi connectivity index (χ4n) is 2.84. The van der Waals surface area contributed by atoms with Gasteiger partial charge in [0.2, 0.25) is 5.91 Å². The number of H-pyrrole nitrogens is 1. The molecule has 1 amide bonds. The van der Waals surface area contributed by atoms with E-state index < -0.39 is 17.8 Å². The number of carbonyl (C=O) groups is 3. The largest absolute Gasteiger partial charge is 0.478 e. The molecule has 0 aliphatic heterocycles. The van der Waals surface area contributed by atoms with E-state index in [9.17, 15) is 14.4 Å². The quantitative estimate of drug-likeness (QED) is 0.364. The van der Waals surface area contributed by atoms with Gasteiger partial charge in [0.15, 0.2) is 0 Å². The van der Waals surface area contributed by atoms with Gasteiger partial charge in [-0.2, -0.15) is 0 Å². The van der Waals surface area contributed by atoms with Crippen LogP contribution in [-0.2, 0) is 9.53 Å². The number of carboxylic acids is 1.